The maximum atomic E-state index is 13.0. The lowest BCUT2D eigenvalue weighted by Gasteiger charge is -1.80. The van der Waals surface area contributed by atoms with Crippen LogP contribution in [-0.2, 0) is 0 Å². The Morgan fingerprint density at radius 3 is 2.82 bits per heavy atom. The van der Waals surface area contributed by atoms with Crippen molar-refractivity contribution < 1.29 is 8.78 Å². The van der Waals surface area contributed by atoms with E-state index in [1.54, 1.807) is 6.92 Å². The minimum Gasteiger partial charge on any atom is -0.353 e. The zero-order valence-corrected chi connectivity index (χ0v) is 6.56. The van der Waals surface area contributed by atoms with Gasteiger partial charge < -0.3 is 4.98 Å². The van der Waals surface area contributed by atoms with E-state index in [0.717, 1.165) is 11.3 Å². The number of nitrogens with one attached hydrogen (secondary N) is 1. The summed E-state index contributed by atoms with van der Waals surface area (Å²) in [7, 11) is 0. The van der Waals surface area contributed by atoms with Crippen molar-refractivity contribution in [2.24, 2.45) is 0 Å². The molecule has 1 nitrogen and oxygen atoms in total. The average molecular weight is 173 g/mol. The summed E-state index contributed by atoms with van der Waals surface area (Å²) in [6, 6.07) is 0. The molecule has 0 aromatic carbocycles. The second kappa shape index (κ2) is 2.04. The predicted octanol–water partition coefficient (Wildman–Crippen LogP) is 2.82. The van der Waals surface area contributed by atoms with Crippen LogP contribution in [0.1, 0.15) is 5.69 Å². The van der Waals surface area contributed by atoms with Gasteiger partial charge in [0.15, 0.2) is 11.6 Å². The number of aryl methyl sites for hydroxylation is 1. The molecule has 0 aliphatic rings. The van der Waals surface area contributed by atoms with E-state index in [4.69, 9.17) is 0 Å². The van der Waals surface area contributed by atoms with Crippen molar-refractivity contribution in [3.05, 3.63) is 22.7 Å². The number of fused-ring (bicyclic) bond motifs is 1. The van der Waals surface area contributed by atoms with Crippen LogP contribution in [-0.4, -0.2) is 4.98 Å². The van der Waals surface area contributed by atoms with Crippen molar-refractivity contribution >= 4 is 21.6 Å². The van der Waals surface area contributed by atoms with Crippen molar-refractivity contribution in [3.63, 3.8) is 0 Å². The predicted molar refractivity (Wildman–Crippen MR) is 40.8 cm³/mol. The van der Waals surface area contributed by atoms with Gasteiger partial charge in [-0.05, 0) is 6.92 Å². The van der Waals surface area contributed by atoms with Gasteiger partial charge >= 0.3 is 0 Å². The Hall–Kier alpha value is -0.900. The van der Waals surface area contributed by atoms with Crippen LogP contribution < -0.4 is 0 Å². The minimum atomic E-state index is -0.378. The smallest absolute Gasteiger partial charge is 0.161 e. The zero-order valence-electron chi connectivity index (χ0n) is 5.74. The molecule has 0 saturated carbocycles. The van der Waals surface area contributed by atoms with Gasteiger partial charge in [-0.25, -0.2) is 8.78 Å². The number of thiophene rings is 1. The summed E-state index contributed by atoms with van der Waals surface area (Å²) in [5, 5.41) is 1.30. The van der Waals surface area contributed by atoms with Gasteiger partial charge in [0.25, 0.3) is 0 Å². The normalized spacial score (nSPS) is 11.2. The highest BCUT2D eigenvalue weighted by molar-refractivity contribution is 7.17. The van der Waals surface area contributed by atoms with Crippen LogP contribution in [0, 0.1) is 18.6 Å². The standard InChI is InChI=1S/C7H5F2NS/c1-3-5(9)7-6(10-3)4(8)2-11-7/h2,10H,1H3. The maximum absolute atomic E-state index is 13.0. The summed E-state index contributed by atoms with van der Waals surface area (Å²) in [6.07, 6.45) is 0. The van der Waals surface area contributed by atoms with E-state index >= 15 is 0 Å². The van der Waals surface area contributed by atoms with Gasteiger partial charge in [0.1, 0.15) is 0 Å². The van der Waals surface area contributed by atoms with Crippen LogP contribution in [0.25, 0.3) is 10.2 Å². The van der Waals surface area contributed by atoms with Crippen LogP contribution in [0.2, 0.25) is 0 Å². The first-order chi connectivity index (χ1) is 5.20. The summed E-state index contributed by atoms with van der Waals surface area (Å²) in [5.74, 6) is -0.717. The molecule has 0 saturated heterocycles. The third-order valence-corrected chi connectivity index (χ3v) is 2.53. The average Bonchev–Trinajstić information content (AvgIpc) is 2.43. The lowest BCUT2D eigenvalue weighted by molar-refractivity contribution is 0.630. The van der Waals surface area contributed by atoms with Crippen LogP contribution in [0.4, 0.5) is 8.78 Å². The van der Waals surface area contributed by atoms with Gasteiger partial charge in [0.2, 0.25) is 0 Å². The van der Waals surface area contributed by atoms with Crippen molar-refractivity contribution in [2.75, 3.05) is 0 Å². The number of hydrogen-bond donors (Lipinski definition) is 1. The van der Waals surface area contributed by atoms with E-state index in [1.165, 1.54) is 5.38 Å². The molecule has 2 aromatic heterocycles. The van der Waals surface area contributed by atoms with Crippen LogP contribution in [0.5, 0.6) is 0 Å². The minimum absolute atomic E-state index is 0.282. The topological polar surface area (TPSA) is 15.8 Å². The van der Waals surface area contributed by atoms with Gasteiger partial charge in [-0.15, -0.1) is 11.3 Å². The maximum Gasteiger partial charge on any atom is 0.161 e. The molecule has 2 rings (SSSR count). The molecule has 0 spiro atoms. The summed E-state index contributed by atoms with van der Waals surface area (Å²) in [5.41, 5.74) is 0.677. The van der Waals surface area contributed by atoms with Crippen molar-refractivity contribution in [1.82, 2.24) is 4.98 Å². The van der Waals surface area contributed by atoms with Crippen LogP contribution in [0.15, 0.2) is 5.38 Å². The third kappa shape index (κ3) is 0.790. The second-order valence-electron chi connectivity index (χ2n) is 2.35. The third-order valence-electron chi connectivity index (χ3n) is 1.59. The number of halogens is 2. The SMILES string of the molecule is Cc1[nH]c2c(F)csc2c1F. The van der Waals surface area contributed by atoms with E-state index in [1.807, 2.05) is 0 Å². The molecule has 4 heteroatoms. The van der Waals surface area contributed by atoms with Gasteiger partial charge in [-0.2, -0.15) is 0 Å². The quantitative estimate of drug-likeness (QED) is 0.630. The Labute approximate surface area is 65.7 Å². The Morgan fingerprint density at radius 1 is 1.45 bits per heavy atom. The highest BCUT2D eigenvalue weighted by Crippen LogP contribution is 2.28. The Bertz CT molecular complexity index is 402. The van der Waals surface area contributed by atoms with E-state index in [0.29, 0.717) is 10.4 Å². The van der Waals surface area contributed by atoms with Crippen molar-refractivity contribution in [3.8, 4) is 0 Å². The molecule has 0 amide bonds. The highest BCUT2D eigenvalue weighted by atomic mass is 32.1. The summed E-state index contributed by atoms with van der Waals surface area (Å²) in [6.45, 7) is 1.58. The first-order valence-electron chi connectivity index (χ1n) is 3.11. The monoisotopic (exact) mass is 173 g/mol. The van der Waals surface area contributed by atoms with Crippen molar-refractivity contribution in [2.45, 2.75) is 6.92 Å². The van der Waals surface area contributed by atoms with Gasteiger partial charge in [0, 0.05) is 11.1 Å². The molecule has 2 aromatic rings. The first-order valence-corrected chi connectivity index (χ1v) is 3.99. The van der Waals surface area contributed by atoms with Gasteiger partial charge in [0.05, 0.1) is 10.2 Å². The Kier molecular flexibility index (Phi) is 1.26. The number of aromatic amines is 1. The molecule has 0 fully saturated rings. The van der Waals surface area contributed by atoms with Gasteiger partial charge in [-0.1, -0.05) is 0 Å². The fourth-order valence-corrected chi connectivity index (χ4v) is 1.89. The molecular formula is C7H5F2NS. The second-order valence-corrected chi connectivity index (χ2v) is 3.23. The van der Waals surface area contributed by atoms with Crippen molar-refractivity contribution in [1.29, 1.82) is 0 Å². The van der Waals surface area contributed by atoms with Gasteiger partial charge in [-0.3, -0.25) is 0 Å². The molecule has 1 N–H and O–H groups in total. The van der Waals surface area contributed by atoms with Crippen LogP contribution >= 0.6 is 11.3 Å². The number of hydrogen-bond acceptors (Lipinski definition) is 1. The lowest BCUT2D eigenvalue weighted by atomic mass is 10.4. The molecule has 58 valence electrons. The molecule has 0 bridgehead atoms. The number of aromatic nitrogens is 1. The summed E-state index contributed by atoms with van der Waals surface area (Å²) >= 11 is 1.08. The molecule has 0 radical (unpaired) electrons. The molecular weight excluding hydrogens is 168 g/mol. The summed E-state index contributed by atoms with van der Waals surface area (Å²) < 4.78 is 26.1. The Morgan fingerprint density at radius 2 is 2.18 bits per heavy atom. The molecule has 0 atom stereocenters. The number of H-pyrrole nitrogens is 1. The molecule has 11 heavy (non-hydrogen) atoms. The number of rotatable bonds is 0. The van der Waals surface area contributed by atoms with E-state index in [2.05, 4.69) is 4.98 Å². The fraction of sp³-hybridized carbons (Fsp3) is 0.143. The molecule has 2 heterocycles. The Balaban J connectivity index is 2.93. The highest BCUT2D eigenvalue weighted by Gasteiger charge is 2.12. The van der Waals surface area contributed by atoms with Crippen LogP contribution in [0.3, 0.4) is 0 Å². The van der Waals surface area contributed by atoms with E-state index in [9.17, 15) is 8.78 Å². The zero-order chi connectivity index (χ0) is 8.01. The summed E-state index contributed by atoms with van der Waals surface area (Å²) in [4.78, 5) is 2.64. The largest absolute Gasteiger partial charge is 0.353 e. The van der Waals surface area contributed by atoms with E-state index in [-0.39, 0.29) is 17.2 Å². The first kappa shape index (κ1) is 6.79. The molecule has 0 aliphatic heterocycles. The molecule has 0 aliphatic carbocycles. The van der Waals surface area contributed by atoms with E-state index < -0.39 is 0 Å². The lowest BCUT2D eigenvalue weighted by Crippen LogP contribution is -1.73. The fourth-order valence-electron chi connectivity index (χ4n) is 1.03. The molecule has 0 unspecified atom stereocenters.